The molecule has 0 fully saturated rings. The average Bonchev–Trinajstić information content (AvgIpc) is 3.38. The molecule has 1 aliphatic carbocycles. The Labute approximate surface area is 209 Å². The van der Waals surface area contributed by atoms with Crippen molar-refractivity contribution in [3.8, 4) is 5.75 Å². The third-order valence-corrected chi connectivity index (χ3v) is 6.83. The summed E-state index contributed by atoms with van der Waals surface area (Å²) in [4.78, 5) is 25.5. The van der Waals surface area contributed by atoms with Crippen LogP contribution in [0.5, 0.6) is 5.75 Å². The normalized spacial score (nSPS) is 19.9. The van der Waals surface area contributed by atoms with E-state index in [1.54, 1.807) is 30.3 Å². The monoisotopic (exact) mass is 487 g/mol. The van der Waals surface area contributed by atoms with Crippen molar-refractivity contribution in [2.45, 2.75) is 31.7 Å². The topological polar surface area (TPSA) is 64.6 Å². The number of hydrogen-bond acceptors (Lipinski definition) is 5. The van der Waals surface area contributed by atoms with Gasteiger partial charge in [0, 0.05) is 16.6 Å². The third kappa shape index (κ3) is 4.69. The highest BCUT2D eigenvalue weighted by Crippen LogP contribution is 2.50. The highest BCUT2D eigenvalue weighted by molar-refractivity contribution is 6.30. The lowest BCUT2D eigenvalue weighted by molar-refractivity contribution is 0.0499. The molecule has 0 aromatic heterocycles. The second-order valence-corrected chi connectivity index (χ2v) is 9.29. The van der Waals surface area contributed by atoms with E-state index in [0.717, 1.165) is 22.7 Å². The van der Waals surface area contributed by atoms with Gasteiger partial charge in [0.2, 0.25) is 0 Å². The summed E-state index contributed by atoms with van der Waals surface area (Å²) < 4.78 is 10.9. The van der Waals surface area contributed by atoms with Gasteiger partial charge in [0.1, 0.15) is 11.3 Å². The number of nitrogens with one attached hydrogen (secondary N) is 1. The smallest absolute Gasteiger partial charge is 0.343 e. The largest absolute Gasteiger partial charge is 0.462 e. The molecule has 5 rings (SSSR count). The van der Waals surface area contributed by atoms with E-state index in [-0.39, 0.29) is 23.3 Å². The molecule has 0 bridgehead atoms. The van der Waals surface area contributed by atoms with Gasteiger partial charge in [-0.05, 0) is 72.4 Å². The number of carbonyl (C=O) groups is 2. The summed E-state index contributed by atoms with van der Waals surface area (Å²) in [5, 5.41) is 4.38. The maximum Gasteiger partial charge on any atom is 0.343 e. The summed E-state index contributed by atoms with van der Waals surface area (Å²) in [7, 11) is 0. The quantitative estimate of drug-likeness (QED) is 0.231. The van der Waals surface area contributed by atoms with Crippen molar-refractivity contribution in [1.29, 1.82) is 0 Å². The number of ether oxygens (including phenoxy) is 2. The average molecular weight is 488 g/mol. The van der Waals surface area contributed by atoms with E-state index in [4.69, 9.17) is 21.1 Å². The van der Waals surface area contributed by atoms with E-state index >= 15 is 0 Å². The lowest BCUT2D eigenvalue weighted by Crippen LogP contribution is -2.29. The van der Waals surface area contributed by atoms with Crippen molar-refractivity contribution in [3.05, 3.63) is 106 Å². The number of halogens is 1. The van der Waals surface area contributed by atoms with Crippen LogP contribution >= 0.6 is 11.6 Å². The molecule has 0 saturated carbocycles. The van der Waals surface area contributed by atoms with Crippen LogP contribution in [0.4, 0.5) is 5.69 Å². The maximum absolute atomic E-state index is 13.1. The molecular formula is C29H26ClNO4. The minimum absolute atomic E-state index is 0.151. The first kappa shape index (κ1) is 23.2. The van der Waals surface area contributed by atoms with Gasteiger partial charge in [-0.1, -0.05) is 54.9 Å². The second kappa shape index (κ2) is 9.96. The first-order chi connectivity index (χ1) is 17.0. The van der Waals surface area contributed by atoms with Crippen LogP contribution in [-0.4, -0.2) is 18.5 Å². The van der Waals surface area contributed by atoms with Crippen molar-refractivity contribution in [3.63, 3.8) is 0 Å². The maximum atomic E-state index is 13.1. The van der Waals surface area contributed by atoms with E-state index < -0.39 is 11.9 Å². The Morgan fingerprint density at radius 1 is 1.03 bits per heavy atom. The van der Waals surface area contributed by atoms with Crippen molar-refractivity contribution in [2.75, 3.05) is 11.9 Å². The zero-order chi connectivity index (χ0) is 24.4. The van der Waals surface area contributed by atoms with Gasteiger partial charge in [-0.3, -0.25) is 0 Å². The molecule has 35 heavy (non-hydrogen) atoms. The summed E-state index contributed by atoms with van der Waals surface area (Å²) in [6.07, 6.45) is 6.10. The Hall–Kier alpha value is -3.57. The molecule has 0 spiro atoms. The number of anilines is 1. The van der Waals surface area contributed by atoms with Gasteiger partial charge in [-0.15, -0.1) is 0 Å². The Morgan fingerprint density at radius 2 is 1.83 bits per heavy atom. The fourth-order valence-corrected chi connectivity index (χ4v) is 5.00. The summed E-state index contributed by atoms with van der Waals surface area (Å²) in [5.74, 6) is -0.296. The molecule has 3 atom stereocenters. The highest BCUT2D eigenvalue weighted by atomic mass is 35.5. The first-order valence-corrected chi connectivity index (χ1v) is 12.2. The van der Waals surface area contributed by atoms with Crippen molar-refractivity contribution >= 4 is 29.2 Å². The molecule has 1 aliphatic heterocycles. The molecular weight excluding hydrogens is 462 g/mol. The van der Waals surface area contributed by atoms with Gasteiger partial charge >= 0.3 is 11.9 Å². The number of para-hydroxylation sites is 1. The standard InChI is InChI=1S/C29H26ClNO4/c1-2-16-34-29(33)23-6-3-4-9-26(23)35-28(32)19-12-15-25-24(17-19)21-7-5-8-22(21)27(31-25)18-10-13-20(30)14-11-18/h3-7,9-15,17,21-22,27,31H,2,8,16H2,1H3/t21-,22+,27+/m1/s1. The van der Waals surface area contributed by atoms with Gasteiger partial charge in [0.15, 0.2) is 0 Å². The van der Waals surface area contributed by atoms with Gasteiger partial charge in [0.25, 0.3) is 0 Å². The van der Waals surface area contributed by atoms with E-state index in [1.807, 2.05) is 31.2 Å². The van der Waals surface area contributed by atoms with Gasteiger partial charge < -0.3 is 14.8 Å². The molecule has 3 aromatic carbocycles. The van der Waals surface area contributed by atoms with Crippen molar-refractivity contribution in [2.24, 2.45) is 5.92 Å². The van der Waals surface area contributed by atoms with Crippen LogP contribution in [0.1, 0.15) is 63.6 Å². The number of fused-ring (bicyclic) bond motifs is 3. The van der Waals surface area contributed by atoms with E-state index in [1.165, 1.54) is 5.56 Å². The molecule has 0 amide bonds. The SMILES string of the molecule is CCCOC(=O)c1ccccc1OC(=O)c1ccc2c(c1)[C@@H]1C=CC[C@@H]1[C@H](c1ccc(Cl)cc1)N2. The molecule has 0 saturated heterocycles. The first-order valence-electron chi connectivity index (χ1n) is 11.9. The zero-order valence-corrected chi connectivity index (χ0v) is 20.1. The molecule has 3 aromatic rings. The molecule has 1 N–H and O–H groups in total. The molecule has 6 heteroatoms. The van der Waals surface area contributed by atoms with E-state index in [2.05, 4.69) is 29.6 Å². The summed E-state index contributed by atoms with van der Waals surface area (Å²) in [5.41, 5.74) is 3.93. The van der Waals surface area contributed by atoms with E-state index in [9.17, 15) is 9.59 Å². The lowest BCUT2D eigenvalue weighted by Gasteiger charge is -2.37. The van der Waals surface area contributed by atoms with Crippen LogP contribution in [-0.2, 0) is 4.74 Å². The van der Waals surface area contributed by atoms with Crippen LogP contribution in [0.25, 0.3) is 0 Å². The van der Waals surface area contributed by atoms with Crippen molar-refractivity contribution in [1.82, 2.24) is 0 Å². The number of hydrogen-bond donors (Lipinski definition) is 1. The summed E-state index contributed by atoms with van der Waals surface area (Å²) in [6, 6.07) is 20.3. The molecule has 178 valence electrons. The Kier molecular flexibility index (Phi) is 6.60. The highest BCUT2D eigenvalue weighted by Gasteiger charge is 2.38. The molecule has 5 nitrogen and oxygen atoms in total. The number of benzene rings is 3. The summed E-state index contributed by atoms with van der Waals surface area (Å²) >= 11 is 6.10. The number of esters is 2. The Bertz CT molecular complexity index is 1280. The van der Waals surface area contributed by atoms with Gasteiger partial charge in [-0.2, -0.15) is 0 Å². The molecule has 1 heterocycles. The van der Waals surface area contributed by atoms with Crippen LogP contribution in [0.2, 0.25) is 5.02 Å². The second-order valence-electron chi connectivity index (χ2n) is 8.85. The molecule has 2 aliphatic rings. The van der Waals surface area contributed by atoms with E-state index in [0.29, 0.717) is 24.5 Å². The lowest BCUT2D eigenvalue weighted by atomic mass is 9.76. The Morgan fingerprint density at radius 3 is 2.63 bits per heavy atom. The van der Waals surface area contributed by atoms with Gasteiger partial charge in [0.05, 0.1) is 18.2 Å². The Balaban J connectivity index is 1.40. The van der Waals surface area contributed by atoms with Crippen LogP contribution in [0, 0.1) is 5.92 Å². The van der Waals surface area contributed by atoms with Crippen molar-refractivity contribution < 1.29 is 19.1 Å². The fourth-order valence-electron chi connectivity index (χ4n) is 4.88. The number of allylic oxidation sites excluding steroid dienone is 2. The third-order valence-electron chi connectivity index (χ3n) is 6.57. The minimum Gasteiger partial charge on any atom is -0.462 e. The van der Waals surface area contributed by atoms with Crippen LogP contribution < -0.4 is 10.1 Å². The predicted octanol–water partition coefficient (Wildman–Crippen LogP) is 6.95. The molecule has 0 radical (unpaired) electrons. The number of rotatable bonds is 6. The van der Waals surface area contributed by atoms with Crippen LogP contribution in [0.3, 0.4) is 0 Å². The predicted molar refractivity (Wildman–Crippen MR) is 136 cm³/mol. The molecule has 0 unspecified atom stereocenters. The van der Waals surface area contributed by atoms with Gasteiger partial charge in [-0.25, -0.2) is 9.59 Å². The fraction of sp³-hybridized carbons (Fsp3) is 0.241. The zero-order valence-electron chi connectivity index (χ0n) is 19.4. The minimum atomic E-state index is -0.512. The van der Waals surface area contributed by atoms with Crippen LogP contribution in [0.15, 0.2) is 78.9 Å². The number of carbonyl (C=O) groups excluding carboxylic acids is 2. The summed E-state index contributed by atoms with van der Waals surface area (Å²) in [6.45, 7) is 2.23.